The van der Waals surface area contributed by atoms with Crippen LogP contribution in [0.4, 0.5) is 0 Å². The molecule has 0 bridgehead atoms. The summed E-state index contributed by atoms with van der Waals surface area (Å²) in [7, 11) is 0. The third-order valence-corrected chi connectivity index (χ3v) is 8.25. The second-order valence-corrected chi connectivity index (χ2v) is 9.20. The second kappa shape index (κ2) is 7.59. The minimum Gasteiger partial charge on any atom is -0.480 e. The number of carboxylic acid groups (broad SMARTS) is 2. The lowest BCUT2D eigenvalue weighted by Gasteiger charge is -2.36. The Morgan fingerprint density at radius 2 is 1.69 bits per heavy atom. The van der Waals surface area contributed by atoms with Gasteiger partial charge in [-0.1, -0.05) is 62.9 Å². The van der Waals surface area contributed by atoms with Crippen molar-refractivity contribution in [1.29, 1.82) is 0 Å². The van der Waals surface area contributed by atoms with Gasteiger partial charge in [-0.25, -0.2) is 0 Å². The molecule has 29 heavy (non-hydrogen) atoms. The fourth-order valence-electron chi connectivity index (χ4n) is 5.67. The number of aliphatic carboxylic acids is 2. The van der Waals surface area contributed by atoms with Gasteiger partial charge in [0.05, 0.1) is 10.0 Å². The molecule has 0 aliphatic heterocycles. The Labute approximate surface area is 180 Å². The molecular weight excluding hydrogens is 415 g/mol. The molecule has 5 nitrogen and oxygen atoms in total. The zero-order chi connectivity index (χ0) is 21.7. The first-order valence-electron chi connectivity index (χ1n) is 10.1. The van der Waals surface area contributed by atoms with E-state index in [9.17, 15) is 24.6 Å². The molecule has 0 heterocycles. The maximum Gasteiger partial charge on any atom is 0.325 e. The molecule has 7 heteroatoms. The molecule has 0 spiro atoms. The molecular formula is C22H26Cl2O5. The molecule has 2 aliphatic rings. The van der Waals surface area contributed by atoms with Gasteiger partial charge in [0.1, 0.15) is 0 Å². The number of carbonyl (C=O) groups excluding carboxylic acids is 1. The van der Waals surface area contributed by atoms with Gasteiger partial charge in [0.2, 0.25) is 0 Å². The Kier molecular flexibility index (Phi) is 5.78. The zero-order valence-electron chi connectivity index (χ0n) is 16.8. The van der Waals surface area contributed by atoms with Crippen molar-refractivity contribution < 1.29 is 24.6 Å². The molecule has 158 valence electrons. The van der Waals surface area contributed by atoms with Gasteiger partial charge in [0.15, 0.2) is 11.2 Å². The molecule has 1 fully saturated rings. The number of hydrogen-bond donors (Lipinski definition) is 2. The lowest BCUT2D eigenvalue weighted by molar-refractivity contribution is -0.157. The van der Waals surface area contributed by atoms with Crippen molar-refractivity contribution in [2.45, 2.75) is 70.6 Å². The Hall–Kier alpha value is -1.59. The Morgan fingerprint density at radius 3 is 2.14 bits per heavy atom. The molecule has 0 aromatic heterocycles. The van der Waals surface area contributed by atoms with E-state index in [0.717, 1.165) is 25.7 Å². The number of fused-ring (bicyclic) bond motifs is 1. The van der Waals surface area contributed by atoms with Crippen molar-refractivity contribution in [2.24, 2.45) is 11.3 Å². The van der Waals surface area contributed by atoms with E-state index >= 15 is 0 Å². The zero-order valence-corrected chi connectivity index (χ0v) is 18.4. The van der Waals surface area contributed by atoms with Crippen LogP contribution in [0, 0.1) is 11.3 Å². The number of carboxylic acids is 2. The minimum absolute atomic E-state index is 0.0235. The van der Waals surface area contributed by atoms with Crippen molar-refractivity contribution >= 4 is 40.9 Å². The van der Waals surface area contributed by atoms with Crippen molar-refractivity contribution in [3.05, 3.63) is 32.8 Å². The van der Waals surface area contributed by atoms with E-state index < -0.39 is 22.8 Å². The molecule has 0 saturated heterocycles. The number of halogens is 2. The summed E-state index contributed by atoms with van der Waals surface area (Å²) in [5.74, 6) is -2.99. The monoisotopic (exact) mass is 440 g/mol. The molecule has 2 unspecified atom stereocenters. The summed E-state index contributed by atoms with van der Waals surface area (Å²) in [5.41, 5.74) is -1.93. The Bertz CT molecular complexity index is 874. The van der Waals surface area contributed by atoms with Crippen molar-refractivity contribution in [3.63, 3.8) is 0 Å². The quantitative estimate of drug-likeness (QED) is 0.553. The first-order chi connectivity index (χ1) is 13.6. The Balaban J connectivity index is 2.30. The predicted molar refractivity (Wildman–Crippen MR) is 111 cm³/mol. The van der Waals surface area contributed by atoms with E-state index in [1.165, 1.54) is 13.0 Å². The highest BCUT2D eigenvalue weighted by atomic mass is 35.5. The molecule has 1 aromatic rings. The molecule has 0 radical (unpaired) electrons. The average Bonchev–Trinajstić information content (AvgIpc) is 3.27. The number of Topliss-reactive ketones (excluding diaryl/α,β-unsaturated/α-hetero) is 1. The van der Waals surface area contributed by atoms with E-state index in [2.05, 4.69) is 0 Å². The van der Waals surface area contributed by atoms with Gasteiger partial charge in [0.25, 0.3) is 0 Å². The lowest BCUT2D eigenvalue weighted by Crippen LogP contribution is -2.43. The van der Waals surface area contributed by atoms with Gasteiger partial charge in [-0.05, 0) is 43.1 Å². The minimum atomic E-state index is -2.22. The number of ketones is 1. The second-order valence-electron chi connectivity index (χ2n) is 8.44. The van der Waals surface area contributed by atoms with Crippen LogP contribution in [0.1, 0.15) is 86.7 Å². The highest BCUT2D eigenvalue weighted by molar-refractivity contribution is 6.45. The van der Waals surface area contributed by atoms with Crippen LogP contribution in [0.5, 0.6) is 0 Å². The maximum absolute atomic E-state index is 13.6. The van der Waals surface area contributed by atoms with E-state index in [1.54, 1.807) is 0 Å². The normalized spacial score (nSPS) is 24.7. The summed E-state index contributed by atoms with van der Waals surface area (Å²) in [6.45, 7) is 5.46. The van der Waals surface area contributed by atoms with Crippen LogP contribution in [0.3, 0.4) is 0 Å². The molecule has 1 aromatic carbocycles. The molecule has 0 amide bonds. The van der Waals surface area contributed by atoms with Crippen LogP contribution in [-0.2, 0) is 15.0 Å². The molecule has 3 rings (SSSR count). The van der Waals surface area contributed by atoms with Gasteiger partial charge < -0.3 is 10.2 Å². The predicted octanol–water partition coefficient (Wildman–Crippen LogP) is 5.70. The highest BCUT2D eigenvalue weighted by Crippen LogP contribution is 2.59. The van der Waals surface area contributed by atoms with Crippen LogP contribution in [0.2, 0.25) is 10.0 Å². The van der Waals surface area contributed by atoms with E-state index in [1.807, 2.05) is 13.8 Å². The molecule has 1 saturated carbocycles. The number of rotatable bonds is 6. The fourth-order valence-corrected chi connectivity index (χ4v) is 6.27. The van der Waals surface area contributed by atoms with E-state index in [4.69, 9.17) is 23.2 Å². The first-order valence-corrected chi connectivity index (χ1v) is 10.9. The smallest absolute Gasteiger partial charge is 0.325 e. The maximum atomic E-state index is 13.6. The number of benzene rings is 1. The van der Waals surface area contributed by atoms with Crippen LogP contribution >= 0.6 is 23.2 Å². The summed E-state index contributed by atoms with van der Waals surface area (Å²) >= 11 is 13.0. The summed E-state index contributed by atoms with van der Waals surface area (Å²) in [6.07, 6.45) is 4.57. The molecule has 2 N–H and O–H groups in total. The summed E-state index contributed by atoms with van der Waals surface area (Å²) in [4.78, 5) is 37.7. The van der Waals surface area contributed by atoms with Gasteiger partial charge >= 0.3 is 11.9 Å². The van der Waals surface area contributed by atoms with Gasteiger partial charge in [-0.15, -0.1) is 0 Å². The van der Waals surface area contributed by atoms with Crippen LogP contribution in [-0.4, -0.2) is 27.9 Å². The van der Waals surface area contributed by atoms with Crippen LogP contribution in [0.15, 0.2) is 6.07 Å². The molecule has 2 atom stereocenters. The van der Waals surface area contributed by atoms with Crippen molar-refractivity contribution in [1.82, 2.24) is 0 Å². The largest absolute Gasteiger partial charge is 0.480 e. The van der Waals surface area contributed by atoms with Crippen molar-refractivity contribution in [2.75, 3.05) is 0 Å². The van der Waals surface area contributed by atoms with Crippen molar-refractivity contribution in [3.8, 4) is 0 Å². The summed E-state index contributed by atoms with van der Waals surface area (Å²) < 4.78 is 0. The first kappa shape index (κ1) is 22.1. The highest BCUT2D eigenvalue weighted by Gasteiger charge is 2.56. The lowest BCUT2D eigenvalue weighted by atomic mass is 9.66. The number of carbonyl (C=O) groups is 3. The van der Waals surface area contributed by atoms with Crippen LogP contribution in [0.25, 0.3) is 0 Å². The van der Waals surface area contributed by atoms with E-state index in [-0.39, 0.29) is 39.6 Å². The topological polar surface area (TPSA) is 91.7 Å². The average molecular weight is 441 g/mol. The van der Waals surface area contributed by atoms with Crippen LogP contribution < -0.4 is 0 Å². The summed E-state index contributed by atoms with van der Waals surface area (Å²) in [6, 6.07) is 1.53. The third kappa shape index (κ3) is 2.84. The summed E-state index contributed by atoms with van der Waals surface area (Å²) in [5, 5.41) is 19.4. The van der Waals surface area contributed by atoms with Gasteiger partial charge in [0, 0.05) is 16.5 Å². The third-order valence-electron chi connectivity index (χ3n) is 7.38. The van der Waals surface area contributed by atoms with Gasteiger partial charge in [-0.3, -0.25) is 14.4 Å². The van der Waals surface area contributed by atoms with E-state index in [0.29, 0.717) is 17.5 Å². The Morgan fingerprint density at radius 1 is 1.14 bits per heavy atom. The van der Waals surface area contributed by atoms with Gasteiger partial charge in [-0.2, -0.15) is 0 Å². The fraction of sp³-hybridized carbons (Fsp3) is 0.591. The SMILES string of the molecule is CCC1c2cc(C(CC)(C(=O)O)C(=O)O)c(Cl)c(Cl)c2C(=O)C1(C)C1CCCC1. The molecule has 2 aliphatic carbocycles. The standard InChI is InChI=1S/C22H26Cl2O5/c1-4-13-12-10-14(22(5-2,19(26)27)20(28)29)16(23)17(24)15(12)18(25)21(13,3)11-8-6-7-9-11/h10-11,13H,4-9H2,1-3H3,(H,26,27)(H,28,29). The number of hydrogen-bond acceptors (Lipinski definition) is 3.